The molecule has 0 radical (unpaired) electrons. The van der Waals surface area contributed by atoms with Gasteiger partial charge in [-0.05, 0) is 38.6 Å². The Balaban J connectivity index is 2.57. The van der Waals surface area contributed by atoms with E-state index in [0.717, 1.165) is 6.42 Å². The summed E-state index contributed by atoms with van der Waals surface area (Å²) < 4.78 is 0. The summed E-state index contributed by atoms with van der Waals surface area (Å²) in [6.07, 6.45) is 3.30. The minimum Gasteiger partial charge on any atom is -0.392 e. The van der Waals surface area contributed by atoms with Crippen LogP contribution < -0.4 is 0 Å². The van der Waals surface area contributed by atoms with Crippen LogP contribution in [0, 0.1) is 5.92 Å². The third-order valence-corrected chi connectivity index (χ3v) is 3.61. The van der Waals surface area contributed by atoms with Gasteiger partial charge >= 0.3 is 0 Å². The standard InChI is InChI=1S/C12H25NO/c1-5-12(14)10(4)13-8-6-7-11(13)9(2)3/h9-12,14H,5-8H2,1-4H3. The summed E-state index contributed by atoms with van der Waals surface area (Å²) in [6.45, 7) is 9.96. The molecule has 0 aliphatic carbocycles. The van der Waals surface area contributed by atoms with Gasteiger partial charge in [0.25, 0.3) is 0 Å². The van der Waals surface area contributed by atoms with Crippen molar-refractivity contribution in [3.05, 3.63) is 0 Å². The van der Waals surface area contributed by atoms with Gasteiger partial charge in [-0.3, -0.25) is 4.90 Å². The van der Waals surface area contributed by atoms with Crippen LogP contribution >= 0.6 is 0 Å². The number of rotatable bonds is 4. The van der Waals surface area contributed by atoms with Crippen LogP contribution in [-0.4, -0.2) is 34.7 Å². The highest BCUT2D eigenvalue weighted by Crippen LogP contribution is 2.27. The molecule has 0 aromatic rings. The summed E-state index contributed by atoms with van der Waals surface area (Å²) in [5.41, 5.74) is 0. The zero-order chi connectivity index (χ0) is 10.7. The molecular formula is C12H25NO. The van der Waals surface area contributed by atoms with E-state index in [-0.39, 0.29) is 6.10 Å². The highest BCUT2D eigenvalue weighted by atomic mass is 16.3. The van der Waals surface area contributed by atoms with Crippen LogP contribution in [0.5, 0.6) is 0 Å². The van der Waals surface area contributed by atoms with Gasteiger partial charge in [0.2, 0.25) is 0 Å². The minimum atomic E-state index is -0.158. The van der Waals surface area contributed by atoms with E-state index >= 15 is 0 Å². The van der Waals surface area contributed by atoms with Gasteiger partial charge in [-0.1, -0.05) is 20.8 Å². The normalized spacial score (nSPS) is 28.3. The lowest BCUT2D eigenvalue weighted by atomic mass is 9.99. The number of hydrogen-bond acceptors (Lipinski definition) is 2. The van der Waals surface area contributed by atoms with E-state index in [1.165, 1.54) is 19.4 Å². The number of hydrogen-bond donors (Lipinski definition) is 1. The minimum absolute atomic E-state index is 0.158. The monoisotopic (exact) mass is 199 g/mol. The van der Waals surface area contributed by atoms with Crippen LogP contribution in [0.4, 0.5) is 0 Å². The van der Waals surface area contributed by atoms with Crippen LogP contribution in [0.15, 0.2) is 0 Å². The SMILES string of the molecule is CCC(O)C(C)N1CCCC1C(C)C. The van der Waals surface area contributed by atoms with Crippen LogP contribution in [-0.2, 0) is 0 Å². The lowest BCUT2D eigenvalue weighted by Crippen LogP contribution is -2.45. The van der Waals surface area contributed by atoms with Gasteiger partial charge < -0.3 is 5.11 Å². The lowest BCUT2D eigenvalue weighted by molar-refractivity contribution is 0.0386. The molecule has 0 saturated carbocycles. The van der Waals surface area contributed by atoms with Gasteiger partial charge in [0.05, 0.1) is 6.10 Å². The van der Waals surface area contributed by atoms with E-state index in [0.29, 0.717) is 18.0 Å². The van der Waals surface area contributed by atoms with Crippen molar-refractivity contribution in [2.75, 3.05) is 6.54 Å². The number of aliphatic hydroxyl groups excluding tert-OH is 1. The second kappa shape index (κ2) is 5.13. The molecule has 0 bridgehead atoms. The average molecular weight is 199 g/mol. The number of nitrogens with zero attached hydrogens (tertiary/aromatic N) is 1. The van der Waals surface area contributed by atoms with Crippen molar-refractivity contribution in [1.29, 1.82) is 0 Å². The molecule has 84 valence electrons. The molecule has 1 aliphatic heterocycles. The van der Waals surface area contributed by atoms with E-state index < -0.39 is 0 Å². The molecule has 0 aromatic heterocycles. The summed E-state index contributed by atoms with van der Waals surface area (Å²) in [6, 6.07) is 1.01. The maximum atomic E-state index is 9.84. The van der Waals surface area contributed by atoms with Crippen molar-refractivity contribution in [1.82, 2.24) is 4.90 Å². The van der Waals surface area contributed by atoms with Crippen molar-refractivity contribution >= 4 is 0 Å². The van der Waals surface area contributed by atoms with Gasteiger partial charge in [-0.2, -0.15) is 0 Å². The highest BCUT2D eigenvalue weighted by Gasteiger charge is 2.32. The summed E-state index contributed by atoms with van der Waals surface area (Å²) in [7, 11) is 0. The van der Waals surface area contributed by atoms with Crippen molar-refractivity contribution in [2.45, 2.75) is 65.1 Å². The third kappa shape index (κ3) is 2.48. The Morgan fingerprint density at radius 1 is 1.36 bits per heavy atom. The molecule has 1 fully saturated rings. The van der Waals surface area contributed by atoms with Gasteiger partial charge in [-0.15, -0.1) is 0 Å². The van der Waals surface area contributed by atoms with Gasteiger partial charge in [0, 0.05) is 12.1 Å². The van der Waals surface area contributed by atoms with E-state index in [4.69, 9.17) is 0 Å². The molecule has 3 unspecified atom stereocenters. The van der Waals surface area contributed by atoms with Crippen LogP contribution in [0.25, 0.3) is 0 Å². The smallest absolute Gasteiger partial charge is 0.0690 e. The zero-order valence-corrected chi connectivity index (χ0v) is 10.0. The molecule has 2 heteroatoms. The van der Waals surface area contributed by atoms with Gasteiger partial charge in [-0.25, -0.2) is 0 Å². The quantitative estimate of drug-likeness (QED) is 0.751. The predicted molar refractivity (Wildman–Crippen MR) is 60.3 cm³/mol. The van der Waals surface area contributed by atoms with Crippen molar-refractivity contribution < 1.29 is 5.11 Å². The molecule has 3 atom stereocenters. The van der Waals surface area contributed by atoms with Crippen LogP contribution in [0.3, 0.4) is 0 Å². The first-order valence-corrected chi connectivity index (χ1v) is 6.01. The van der Waals surface area contributed by atoms with Crippen molar-refractivity contribution in [2.24, 2.45) is 5.92 Å². The Morgan fingerprint density at radius 2 is 2.00 bits per heavy atom. The first kappa shape index (κ1) is 12.0. The largest absolute Gasteiger partial charge is 0.392 e. The van der Waals surface area contributed by atoms with Crippen molar-refractivity contribution in [3.63, 3.8) is 0 Å². The fraction of sp³-hybridized carbons (Fsp3) is 1.00. The zero-order valence-electron chi connectivity index (χ0n) is 10.0. The lowest BCUT2D eigenvalue weighted by Gasteiger charge is -2.35. The first-order valence-electron chi connectivity index (χ1n) is 6.01. The molecule has 1 heterocycles. The Bertz CT molecular complexity index is 170. The summed E-state index contributed by atoms with van der Waals surface area (Å²) >= 11 is 0. The average Bonchev–Trinajstić information content (AvgIpc) is 2.63. The number of aliphatic hydroxyl groups is 1. The van der Waals surface area contributed by atoms with Gasteiger partial charge in [0.1, 0.15) is 0 Å². The summed E-state index contributed by atoms with van der Waals surface area (Å²) in [4.78, 5) is 2.50. The second-order valence-corrected chi connectivity index (χ2v) is 4.91. The van der Waals surface area contributed by atoms with E-state index in [1.807, 2.05) is 0 Å². The van der Waals surface area contributed by atoms with E-state index in [9.17, 15) is 5.11 Å². The third-order valence-electron chi connectivity index (χ3n) is 3.61. The molecule has 1 saturated heterocycles. The topological polar surface area (TPSA) is 23.5 Å². The molecule has 1 N–H and O–H groups in total. The van der Waals surface area contributed by atoms with Crippen LogP contribution in [0.1, 0.15) is 47.0 Å². The molecular weight excluding hydrogens is 174 g/mol. The van der Waals surface area contributed by atoms with Gasteiger partial charge in [0.15, 0.2) is 0 Å². The summed E-state index contributed by atoms with van der Waals surface area (Å²) in [5.74, 6) is 0.712. The Labute approximate surface area is 88.3 Å². The van der Waals surface area contributed by atoms with E-state index in [1.54, 1.807) is 0 Å². The Kier molecular flexibility index (Phi) is 4.39. The van der Waals surface area contributed by atoms with Crippen LogP contribution in [0.2, 0.25) is 0 Å². The summed E-state index contributed by atoms with van der Waals surface area (Å²) in [5, 5.41) is 9.84. The molecule has 14 heavy (non-hydrogen) atoms. The fourth-order valence-electron chi connectivity index (χ4n) is 2.60. The first-order chi connectivity index (χ1) is 6.57. The maximum Gasteiger partial charge on any atom is 0.0690 e. The molecule has 0 aromatic carbocycles. The molecule has 1 aliphatic rings. The number of likely N-dealkylation sites (tertiary alicyclic amines) is 1. The Morgan fingerprint density at radius 3 is 2.50 bits per heavy atom. The fourth-order valence-corrected chi connectivity index (χ4v) is 2.60. The predicted octanol–water partition coefficient (Wildman–Crippen LogP) is 2.27. The molecule has 0 amide bonds. The molecule has 0 spiro atoms. The Hall–Kier alpha value is -0.0800. The highest BCUT2D eigenvalue weighted by molar-refractivity contribution is 4.87. The van der Waals surface area contributed by atoms with E-state index in [2.05, 4.69) is 32.6 Å². The van der Waals surface area contributed by atoms with Crippen molar-refractivity contribution in [3.8, 4) is 0 Å². The molecule has 2 nitrogen and oxygen atoms in total. The second-order valence-electron chi connectivity index (χ2n) is 4.91. The maximum absolute atomic E-state index is 9.84. The molecule has 1 rings (SSSR count).